The number of benzene rings is 2. The number of nitrogens with zero attached hydrogens (tertiary/aromatic N) is 4. The third-order valence-electron chi connectivity index (χ3n) is 5.43. The van der Waals surface area contributed by atoms with Gasteiger partial charge in [-0.05, 0) is 49.2 Å². The van der Waals surface area contributed by atoms with E-state index in [4.69, 9.17) is 9.47 Å². The van der Waals surface area contributed by atoms with Gasteiger partial charge in [0.1, 0.15) is 11.4 Å². The minimum Gasteiger partial charge on any atom is -0.437 e. The molecule has 4 aromatic rings. The molecule has 0 aliphatic carbocycles. The summed E-state index contributed by atoms with van der Waals surface area (Å²) in [6, 6.07) is 15.9. The maximum atomic E-state index is 6.09. The second-order valence-electron chi connectivity index (χ2n) is 7.37. The van der Waals surface area contributed by atoms with E-state index in [9.17, 15) is 0 Å². The van der Waals surface area contributed by atoms with Crippen LogP contribution >= 0.6 is 0 Å². The average Bonchev–Trinajstić information content (AvgIpc) is 3.24. The number of hydrogen-bond donors (Lipinski definition) is 1. The van der Waals surface area contributed by atoms with Gasteiger partial charge in [0.15, 0.2) is 0 Å². The van der Waals surface area contributed by atoms with Gasteiger partial charge in [-0.3, -0.25) is 4.98 Å². The van der Waals surface area contributed by atoms with E-state index in [0.29, 0.717) is 11.8 Å². The van der Waals surface area contributed by atoms with Gasteiger partial charge in [-0.15, -0.1) is 0 Å². The maximum Gasteiger partial charge on any atom is 0.241 e. The molecule has 7 heteroatoms. The third-order valence-corrected chi connectivity index (χ3v) is 5.43. The first-order valence-corrected chi connectivity index (χ1v) is 10.1. The van der Waals surface area contributed by atoms with Crippen molar-refractivity contribution < 1.29 is 9.47 Å². The third kappa shape index (κ3) is 3.71. The van der Waals surface area contributed by atoms with Gasteiger partial charge in [-0.25, -0.2) is 9.97 Å². The molecule has 1 fully saturated rings. The molecule has 3 heterocycles. The number of aromatic nitrogens is 4. The van der Waals surface area contributed by atoms with Crippen molar-refractivity contribution in [3.63, 3.8) is 0 Å². The minimum absolute atomic E-state index is 0.320. The van der Waals surface area contributed by atoms with Crippen LogP contribution in [0.3, 0.4) is 0 Å². The van der Waals surface area contributed by atoms with E-state index in [1.54, 1.807) is 12.4 Å². The van der Waals surface area contributed by atoms with Crippen molar-refractivity contribution in [2.45, 2.75) is 18.8 Å². The Morgan fingerprint density at radius 3 is 2.57 bits per heavy atom. The monoisotopic (exact) mass is 401 g/mol. The Balaban J connectivity index is 1.34. The molecule has 1 N–H and O–H groups in total. The minimum atomic E-state index is 0.320. The van der Waals surface area contributed by atoms with E-state index in [2.05, 4.69) is 19.9 Å². The lowest BCUT2D eigenvalue weighted by molar-refractivity contribution is 0.0839. The van der Waals surface area contributed by atoms with Gasteiger partial charge in [-0.2, -0.15) is 0 Å². The average molecular weight is 401 g/mol. The summed E-state index contributed by atoms with van der Waals surface area (Å²) in [5.41, 5.74) is 3.87. The zero-order valence-electron chi connectivity index (χ0n) is 16.8. The van der Waals surface area contributed by atoms with Crippen molar-refractivity contribution in [3.05, 3.63) is 66.6 Å². The molecule has 0 unspecified atom stereocenters. The number of fused-ring (bicyclic) bond motifs is 1. The van der Waals surface area contributed by atoms with Gasteiger partial charge >= 0.3 is 0 Å². The van der Waals surface area contributed by atoms with Crippen molar-refractivity contribution in [2.24, 2.45) is 0 Å². The zero-order valence-corrected chi connectivity index (χ0v) is 16.8. The lowest BCUT2D eigenvalue weighted by atomic mass is 9.96. The second kappa shape index (κ2) is 8.12. The number of aromatic amines is 1. The molecule has 0 bridgehead atoms. The first-order chi connectivity index (χ1) is 14.8. The number of anilines is 2. The molecule has 1 aliphatic rings. The largest absolute Gasteiger partial charge is 0.437 e. The molecule has 0 amide bonds. The van der Waals surface area contributed by atoms with E-state index in [0.717, 1.165) is 60.2 Å². The van der Waals surface area contributed by atoms with Gasteiger partial charge in [0.25, 0.3) is 0 Å². The molecule has 0 spiro atoms. The predicted octanol–water partition coefficient (Wildman–Crippen LogP) is 4.81. The van der Waals surface area contributed by atoms with E-state index in [-0.39, 0.29) is 0 Å². The van der Waals surface area contributed by atoms with Crippen LogP contribution in [0.15, 0.2) is 60.9 Å². The molecule has 2 aromatic carbocycles. The summed E-state index contributed by atoms with van der Waals surface area (Å²) < 4.78 is 11.6. The Hall–Kier alpha value is -3.45. The smallest absolute Gasteiger partial charge is 0.241 e. The lowest BCUT2D eigenvalue weighted by Gasteiger charge is -2.22. The molecule has 7 nitrogen and oxygen atoms in total. The molecule has 2 aromatic heterocycles. The molecule has 0 radical (unpaired) electrons. The van der Waals surface area contributed by atoms with Crippen LogP contribution in [0.4, 0.5) is 11.6 Å². The van der Waals surface area contributed by atoms with Gasteiger partial charge in [0.05, 0.1) is 11.0 Å². The Morgan fingerprint density at radius 1 is 1.00 bits per heavy atom. The summed E-state index contributed by atoms with van der Waals surface area (Å²) in [5, 5.41) is 0. The highest BCUT2D eigenvalue weighted by molar-refractivity contribution is 5.78. The van der Waals surface area contributed by atoms with Crippen LogP contribution in [0, 0.1) is 0 Å². The summed E-state index contributed by atoms with van der Waals surface area (Å²) >= 11 is 0. The fraction of sp³-hybridized carbons (Fsp3) is 0.261. The number of H-pyrrole nitrogens is 1. The van der Waals surface area contributed by atoms with Gasteiger partial charge in [-0.1, -0.05) is 12.1 Å². The summed E-state index contributed by atoms with van der Waals surface area (Å²) in [5.74, 6) is 2.41. The standard InChI is InChI=1S/C23H23N5O2/c1-28(23-26-19-4-2-3-5-20(19)27-23)17-6-8-18(9-7-17)30-22-21(24-12-13-25-22)16-10-14-29-15-11-16/h2-9,12-13,16H,10-11,14-15H2,1H3,(H,26,27). The second-order valence-corrected chi connectivity index (χ2v) is 7.37. The van der Waals surface area contributed by atoms with Crippen LogP contribution in [0.5, 0.6) is 11.6 Å². The van der Waals surface area contributed by atoms with Crippen molar-refractivity contribution in [1.29, 1.82) is 0 Å². The van der Waals surface area contributed by atoms with Crippen molar-refractivity contribution in [1.82, 2.24) is 19.9 Å². The number of nitrogens with one attached hydrogen (secondary N) is 1. The summed E-state index contributed by atoms with van der Waals surface area (Å²) in [7, 11) is 1.99. The molecule has 5 rings (SSSR count). The van der Waals surface area contributed by atoms with Crippen molar-refractivity contribution in [2.75, 3.05) is 25.2 Å². The molecule has 1 aliphatic heterocycles. The topological polar surface area (TPSA) is 76.2 Å². The van der Waals surface area contributed by atoms with E-state index in [1.165, 1.54) is 0 Å². The molecular formula is C23H23N5O2. The van der Waals surface area contributed by atoms with Crippen molar-refractivity contribution in [3.8, 4) is 11.6 Å². The fourth-order valence-electron chi connectivity index (χ4n) is 3.74. The number of rotatable bonds is 5. The summed E-state index contributed by atoms with van der Waals surface area (Å²) in [6.45, 7) is 1.51. The highest BCUT2D eigenvalue weighted by atomic mass is 16.5. The van der Waals surface area contributed by atoms with Crippen LogP contribution in [-0.2, 0) is 4.74 Å². The SMILES string of the molecule is CN(c1ccc(Oc2nccnc2C2CCOCC2)cc1)c1nc2ccccc2[nH]1. The maximum absolute atomic E-state index is 6.09. The number of para-hydroxylation sites is 2. The number of imidazole rings is 1. The van der Waals surface area contributed by atoms with Crippen LogP contribution in [0.1, 0.15) is 24.5 Å². The fourth-order valence-corrected chi connectivity index (χ4v) is 3.74. The van der Waals surface area contributed by atoms with Crippen LogP contribution in [0.25, 0.3) is 11.0 Å². The summed E-state index contributed by atoms with van der Waals surface area (Å²) in [4.78, 5) is 19.0. The molecule has 0 atom stereocenters. The first-order valence-electron chi connectivity index (χ1n) is 10.1. The van der Waals surface area contributed by atoms with E-state index >= 15 is 0 Å². The van der Waals surface area contributed by atoms with E-state index < -0.39 is 0 Å². The highest BCUT2D eigenvalue weighted by Crippen LogP contribution is 2.33. The Labute approximate surface area is 174 Å². The summed E-state index contributed by atoms with van der Waals surface area (Å²) in [6.07, 6.45) is 5.28. The quantitative estimate of drug-likeness (QED) is 0.517. The zero-order chi connectivity index (χ0) is 20.3. The van der Waals surface area contributed by atoms with Crippen LogP contribution in [-0.4, -0.2) is 40.2 Å². The Kier molecular flexibility index (Phi) is 5.03. The van der Waals surface area contributed by atoms with E-state index in [1.807, 2.05) is 60.5 Å². The molecule has 152 valence electrons. The van der Waals surface area contributed by atoms with Gasteiger partial charge in [0, 0.05) is 44.3 Å². The normalized spacial score (nSPS) is 14.7. The number of ether oxygens (including phenoxy) is 2. The predicted molar refractivity (Wildman–Crippen MR) is 115 cm³/mol. The molecule has 30 heavy (non-hydrogen) atoms. The molecule has 1 saturated heterocycles. The lowest BCUT2D eigenvalue weighted by Crippen LogP contribution is -2.16. The van der Waals surface area contributed by atoms with Gasteiger partial charge in [0.2, 0.25) is 11.8 Å². The Morgan fingerprint density at radius 2 is 1.77 bits per heavy atom. The number of hydrogen-bond acceptors (Lipinski definition) is 6. The van der Waals surface area contributed by atoms with Gasteiger partial charge < -0.3 is 19.4 Å². The highest BCUT2D eigenvalue weighted by Gasteiger charge is 2.22. The van der Waals surface area contributed by atoms with Crippen molar-refractivity contribution >= 4 is 22.7 Å². The molecule has 0 saturated carbocycles. The Bertz CT molecular complexity index is 1100. The van der Waals surface area contributed by atoms with Crippen LogP contribution < -0.4 is 9.64 Å². The molecular weight excluding hydrogens is 378 g/mol. The van der Waals surface area contributed by atoms with Crippen LogP contribution in [0.2, 0.25) is 0 Å². The first kappa shape index (κ1) is 18.6.